The van der Waals surface area contributed by atoms with Crippen molar-refractivity contribution in [2.75, 3.05) is 38.0 Å². The van der Waals surface area contributed by atoms with Crippen molar-refractivity contribution >= 4 is 11.4 Å². The molecule has 0 unspecified atom stereocenters. The van der Waals surface area contributed by atoms with E-state index in [9.17, 15) is 0 Å². The van der Waals surface area contributed by atoms with Crippen molar-refractivity contribution in [3.8, 4) is 34.1 Å². The third kappa shape index (κ3) is 4.97. The summed E-state index contributed by atoms with van der Waals surface area (Å²) < 4.78 is 13.9. The first-order valence-electron chi connectivity index (χ1n) is 20.9. The number of hydrogen-bond donors (Lipinski definition) is 0. The lowest BCUT2D eigenvalue weighted by molar-refractivity contribution is 0.208. The minimum atomic E-state index is -0.835. The maximum atomic E-state index is 6.96. The zero-order valence-corrected chi connectivity index (χ0v) is 34.3. The third-order valence-electron chi connectivity index (χ3n) is 13.5. The van der Waals surface area contributed by atoms with E-state index in [0.717, 1.165) is 56.6 Å². The van der Waals surface area contributed by atoms with Gasteiger partial charge in [-0.15, -0.1) is 0 Å². The number of hydrogen-bond acceptors (Lipinski definition) is 4. The van der Waals surface area contributed by atoms with E-state index in [1.165, 1.54) is 33.4 Å². The first-order valence-corrected chi connectivity index (χ1v) is 20.9. The molecule has 2 heterocycles. The van der Waals surface area contributed by atoms with Crippen LogP contribution in [0.4, 0.5) is 11.4 Å². The smallest absolute Gasteiger partial charge is 0.131 e. The second-order valence-corrected chi connectivity index (χ2v) is 16.8. The highest BCUT2D eigenvalue weighted by Gasteiger charge is 2.68. The summed E-state index contributed by atoms with van der Waals surface area (Å²) in [6.07, 6.45) is 0. The maximum absolute atomic E-state index is 6.96. The fraction of sp³-hybridized carbons (Fsp3) is 0.143. The van der Waals surface area contributed by atoms with E-state index in [0.29, 0.717) is 0 Å². The lowest BCUT2D eigenvalue weighted by atomic mass is 9.37. The SMILES string of the molecule is CN(C)c1ccc(C2(c3ccc(N(C)C)cc3)c3ccccc3-c3ccccc3C2(C2c3ccccc3Oc3ccccc32)C2c3ccccc3Oc3ccccc32)cc1. The highest BCUT2D eigenvalue weighted by molar-refractivity contribution is 5.85. The molecule has 0 aromatic heterocycles. The Morgan fingerprint density at radius 3 is 1.05 bits per heavy atom. The zero-order valence-electron chi connectivity index (χ0n) is 34.3. The van der Waals surface area contributed by atoms with E-state index in [1.54, 1.807) is 0 Å². The lowest BCUT2D eigenvalue weighted by Crippen LogP contribution is -2.60. The van der Waals surface area contributed by atoms with Crippen LogP contribution in [0.3, 0.4) is 0 Å². The van der Waals surface area contributed by atoms with Crippen LogP contribution in [0, 0.1) is 0 Å². The van der Waals surface area contributed by atoms with Crippen molar-refractivity contribution in [3.05, 3.63) is 239 Å². The monoisotopic (exact) mass is 778 g/mol. The molecule has 0 saturated heterocycles. The van der Waals surface area contributed by atoms with Crippen LogP contribution in [-0.4, -0.2) is 28.2 Å². The first-order chi connectivity index (χ1) is 29.4. The number of fused-ring (bicyclic) bond motifs is 7. The molecular formula is C56H46N2O2. The van der Waals surface area contributed by atoms with Crippen molar-refractivity contribution in [3.63, 3.8) is 0 Å². The second kappa shape index (κ2) is 13.8. The van der Waals surface area contributed by atoms with Crippen LogP contribution >= 0.6 is 0 Å². The molecule has 11 rings (SSSR count). The van der Waals surface area contributed by atoms with Gasteiger partial charge in [0.05, 0.1) is 5.41 Å². The van der Waals surface area contributed by atoms with Gasteiger partial charge in [0.1, 0.15) is 23.0 Å². The predicted molar refractivity (Wildman–Crippen MR) is 245 cm³/mol. The molecule has 1 aliphatic carbocycles. The van der Waals surface area contributed by atoms with Gasteiger partial charge in [-0.2, -0.15) is 0 Å². The van der Waals surface area contributed by atoms with Gasteiger partial charge in [-0.3, -0.25) is 0 Å². The third-order valence-corrected chi connectivity index (χ3v) is 13.5. The molecule has 0 atom stereocenters. The number of ether oxygens (including phenoxy) is 2. The highest BCUT2D eigenvalue weighted by atomic mass is 16.5. The Kier molecular flexibility index (Phi) is 8.28. The molecule has 2 aliphatic heterocycles. The van der Waals surface area contributed by atoms with Crippen LogP contribution in [0.1, 0.15) is 56.3 Å². The molecule has 0 spiro atoms. The van der Waals surface area contributed by atoms with Crippen LogP contribution in [0.25, 0.3) is 11.1 Å². The quantitative estimate of drug-likeness (QED) is 0.168. The van der Waals surface area contributed by atoms with E-state index >= 15 is 0 Å². The molecule has 0 fully saturated rings. The molecule has 4 nitrogen and oxygen atoms in total. The van der Waals surface area contributed by atoms with Crippen LogP contribution in [-0.2, 0) is 10.8 Å². The topological polar surface area (TPSA) is 24.9 Å². The lowest BCUT2D eigenvalue weighted by Gasteiger charge is -2.63. The van der Waals surface area contributed by atoms with Crippen LogP contribution < -0.4 is 19.3 Å². The summed E-state index contributed by atoms with van der Waals surface area (Å²) in [5.74, 6) is 3.05. The minimum absolute atomic E-state index is 0.237. The van der Waals surface area contributed by atoms with Crippen molar-refractivity contribution in [1.29, 1.82) is 0 Å². The van der Waals surface area contributed by atoms with E-state index < -0.39 is 10.8 Å². The van der Waals surface area contributed by atoms with Crippen molar-refractivity contribution in [2.24, 2.45) is 0 Å². The number of benzene rings is 8. The molecule has 0 N–H and O–H groups in total. The average molecular weight is 779 g/mol. The van der Waals surface area contributed by atoms with Crippen molar-refractivity contribution < 1.29 is 9.47 Å². The van der Waals surface area contributed by atoms with Crippen LogP contribution in [0.2, 0.25) is 0 Å². The standard InChI is InChI=1S/C56H46N2O2/c1-57(2)39-33-29-37(30-34-39)55(38-31-35-40(36-32-38)58(3)4)47-23-11-5-17-41(47)42-18-6-12-24-48(42)56(55,53-43-19-7-13-25-49(43)59-50-26-14-8-20-44(50)53)54-45-21-9-15-27-51(45)60-52-28-16-10-22-46(52)54/h5-36,53-54H,1-4H3. The Morgan fingerprint density at radius 2 is 0.667 bits per heavy atom. The maximum Gasteiger partial charge on any atom is 0.131 e. The van der Waals surface area contributed by atoms with Crippen LogP contribution in [0.15, 0.2) is 194 Å². The van der Waals surface area contributed by atoms with Gasteiger partial charge in [-0.1, -0.05) is 146 Å². The van der Waals surface area contributed by atoms with Gasteiger partial charge in [-0.25, -0.2) is 0 Å². The molecule has 60 heavy (non-hydrogen) atoms. The molecule has 0 bridgehead atoms. The van der Waals surface area contributed by atoms with Gasteiger partial charge in [0.2, 0.25) is 0 Å². The molecule has 8 aromatic rings. The number of rotatable bonds is 6. The van der Waals surface area contributed by atoms with Crippen molar-refractivity contribution in [2.45, 2.75) is 22.7 Å². The number of anilines is 2. The van der Waals surface area contributed by atoms with Crippen LogP contribution in [0.5, 0.6) is 23.0 Å². The van der Waals surface area contributed by atoms with Gasteiger partial charge in [-0.05, 0) is 81.9 Å². The molecule has 0 saturated carbocycles. The summed E-state index contributed by atoms with van der Waals surface area (Å²) in [6, 6.07) is 72.3. The highest BCUT2D eigenvalue weighted by Crippen LogP contribution is 2.74. The fourth-order valence-corrected chi connectivity index (χ4v) is 11.2. The molecular weight excluding hydrogens is 733 g/mol. The second-order valence-electron chi connectivity index (χ2n) is 16.8. The summed E-state index contributed by atoms with van der Waals surface area (Å²) in [6.45, 7) is 0. The number of para-hydroxylation sites is 4. The first kappa shape index (κ1) is 36.1. The summed E-state index contributed by atoms with van der Waals surface area (Å²) in [7, 11) is 8.47. The van der Waals surface area contributed by atoms with Gasteiger partial charge in [0.25, 0.3) is 0 Å². The normalized spacial score (nSPS) is 15.4. The molecule has 0 amide bonds. The van der Waals surface area contributed by atoms with Gasteiger partial charge in [0, 0.05) is 79.1 Å². The van der Waals surface area contributed by atoms with E-state index in [-0.39, 0.29) is 11.8 Å². The Hall–Kier alpha value is -7.04. The minimum Gasteiger partial charge on any atom is -0.457 e. The largest absolute Gasteiger partial charge is 0.457 e. The Bertz CT molecular complexity index is 2670. The fourth-order valence-electron chi connectivity index (χ4n) is 11.2. The molecule has 3 aliphatic rings. The Balaban J connectivity index is 1.45. The Labute approximate surface area is 352 Å². The van der Waals surface area contributed by atoms with Crippen molar-refractivity contribution in [1.82, 2.24) is 0 Å². The summed E-state index contributed by atoms with van der Waals surface area (Å²) in [5.41, 5.74) is 12.7. The molecule has 0 radical (unpaired) electrons. The van der Waals surface area contributed by atoms with Gasteiger partial charge < -0.3 is 19.3 Å². The van der Waals surface area contributed by atoms with E-state index in [1.807, 2.05) is 0 Å². The summed E-state index contributed by atoms with van der Waals surface area (Å²) in [5, 5.41) is 0. The average Bonchev–Trinajstić information content (AvgIpc) is 3.30. The molecule has 4 heteroatoms. The summed E-state index contributed by atoms with van der Waals surface area (Å²) in [4.78, 5) is 4.38. The number of nitrogens with zero attached hydrogens (tertiary/aromatic N) is 2. The molecule has 292 valence electrons. The van der Waals surface area contributed by atoms with E-state index in [4.69, 9.17) is 9.47 Å². The van der Waals surface area contributed by atoms with Gasteiger partial charge >= 0.3 is 0 Å². The van der Waals surface area contributed by atoms with E-state index in [2.05, 4.69) is 232 Å². The predicted octanol–water partition coefficient (Wildman–Crippen LogP) is 12.9. The van der Waals surface area contributed by atoms with Gasteiger partial charge in [0.15, 0.2) is 0 Å². The Morgan fingerprint density at radius 1 is 0.350 bits per heavy atom. The summed E-state index contributed by atoms with van der Waals surface area (Å²) >= 11 is 0. The molecule has 8 aromatic carbocycles. The zero-order chi connectivity index (χ0) is 40.6.